The molecule has 0 fully saturated rings. The summed E-state index contributed by atoms with van der Waals surface area (Å²) in [5, 5.41) is 0. The van der Waals surface area contributed by atoms with E-state index in [9.17, 15) is 4.79 Å². The third kappa shape index (κ3) is 2.70. The summed E-state index contributed by atoms with van der Waals surface area (Å²) in [7, 11) is 3.88. The van der Waals surface area contributed by atoms with E-state index in [-0.39, 0.29) is 11.8 Å². The van der Waals surface area contributed by atoms with Crippen LogP contribution in [0.1, 0.15) is 25.1 Å². The van der Waals surface area contributed by atoms with E-state index in [1.165, 1.54) is 0 Å². The molecule has 0 bridgehead atoms. The number of furan rings is 1. The van der Waals surface area contributed by atoms with Crippen molar-refractivity contribution in [2.75, 3.05) is 14.1 Å². The standard InChI is InChI=1S/C10H15NO2/c1-8(12)7-9(11(2)3)10-5-4-6-13-10/h4-6,9H,7H2,1-3H3. The molecule has 0 N–H and O–H groups in total. The number of hydrogen-bond acceptors (Lipinski definition) is 3. The van der Waals surface area contributed by atoms with Gasteiger partial charge in [-0.1, -0.05) is 0 Å². The maximum Gasteiger partial charge on any atom is 0.131 e. The lowest BCUT2D eigenvalue weighted by molar-refractivity contribution is -0.118. The average molecular weight is 181 g/mol. The number of Topliss-reactive ketones (excluding diaryl/α,β-unsaturated/α-hetero) is 1. The second-order valence-corrected chi connectivity index (χ2v) is 3.40. The summed E-state index contributed by atoms with van der Waals surface area (Å²) < 4.78 is 5.26. The first-order valence-electron chi connectivity index (χ1n) is 4.30. The zero-order valence-electron chi connectivity index (χ0n) is 8.28. The molecule has 1 aromatic rings. The van der Waals surface area contributed by atoms with Crippen LogP contribution in [0.15, 0.2) is 22.8 Å². The zero-order valence-corrected chi connectivity index (χ0v) is 8.28. The van der Waals surface area contributed by atoms with Crippen molar-refractivity contribution in [3.05, 3.63) is 24.2 Å². The summed E-state index contributed by atoms with van der Waals surface area (Å²) in [5.74, 6) is 1.02. The van der Waals surface area contributed by atoms with E-state index in [2.05, 4.69) is 0 Å². The number of nitrogens with zero attached hydrogens (tertiary/aromatic N) is 1. The summed E-state index contributed by atoms with van der Waals surface area (Å²) >= 11 is 0. The van der Waals surface area contributed by atoms with Crippen LogP contribution in [0.25, 0.3) is 0 Å². The number of carbonyl (C=O) groups is 1. The maximum atomic E-state index is 11.0. The Labute approximate surface area is 78.3 Å². The molecular weight excluding hydrogens is 166 g/mol. The van der Waals surface area contributed by atoms with Crippen molar-refractivity contribution >= 4 is 5.78 Å². The number of ketones is 1. The van der Waals surface area contributed by atoms with E-state index in [1.807, 2.05) is 31.1 Å². The average Bonchev–Trinajstić information content (AvgIpc) is 2.50. The highest BCUT2D eigenvalue weighted by Gasteiger charge is 2.18. The first-order chi connectivity index (χ1) is 6.11. The summed E-state index contributed by atoms with van der Waals surface area (Å²) in [6, 6.07) is 3.80. The normalized spacial score (nSPS) is 13.2. The van der Waals surface area contributed by atoms with Crippen LogP contribution in [0.3, 0.4) is 0 Å². The maximum absolute atomic E-state index is 11.0. The SMILES string of the molecule is CC(=O)CC(c1ccco1)N(C)C. The highest BCUT2D eigenvalue weighted by atomic mass is 16.3. The number of hydrogen-bond donors (Lipinski definition) is 0. The Morgan fingerprint density at radius 3 is 2.69 bits per heavy atom. The zero-order chi connectivity index (χ0) is 9.84. The minimum Gasteiger partial charge on any atom is -0.468 e. The van der Waals surface area contributed by atoms with Crippen LogP contribution in [0.5, 0.6) is 0 Å². The lowest BCUT2D eigenvalue weighted by Crippen LogP contribution is -2.21. The molecule has 0 aliphatic heterocycles. The van der Waals surface area contributed by atoms with Gasteiger partial charge in [0.25, 0.3) is 0 Å². The van der Waals surface area contributed by atoms with Gasteiger partial charge >= 0.3 is 0 Å². The molecule has 0 saturated heterocycles. The Kier molecular flexibility index (Phi) is 3.25. The molecule has 1 rings (SSSR count). The number of carbonyl (C=O) groups excluding carboxylic acids is 1. The highest BCUT2D eigenvalue weighted by molar-refractivity contribution is 5.76. The van der Waals surface area contributed by atoms with Crippen LogP contribution >= 0.6 is 0 Å². The van der Waals surface area contributed by atoms with Gasteiger partial charge in [0.2, 0.25) is 0 Å². The van der Waals surface area contributed by atoms with E-state index in [1.54, 1.807) is 13.2 Å². The first-order valence-corrected chi connectivity index (χ1v) is 4.30. The first kappa shape index (κ1) is 9.99. The minimum absolute atomic E-state index is 0.0625. The van der Waals surface area contributed by atoms with E-state index in [4.69, 9.17) is 4.42 Å². The van der Waals surface area contributed by atoms with Gasteiger partial charge in [0, 0.05) is 6.42 Å². The molecule has 13 heavy (non-hydrogen) atoms. The molecule has 0 aromatic carbocycles. The van der Waals surface area contributed by atoms with Crippen LogP contribution < -0.4 is 0 Å². The molecule has 0 amide bonds. The molecule has 1 atom stereocenters. The largest absolute Gasteiger partial charge is 0.468 e. The Morgan fingerprint density at radius 2 is 2.31 bits per heavy atom. The van der Waals surface area contributed by atoms with Gasteiger partial charge < -0.3 is 4.42 Å². The van der Waals surface area contributed by atoms with Crippen molar-refractivity contribution in [2.24, 2.45) is 0 Å². The molecule has 0 aliphatic carbocycles. The summed E-state index contributed by atoms with van der Waals surface area (Å²) in [6.45, 7) is 1.60. The van der Waals surface area contributed by atoms with Crippen LogP contribution in [-0.2, 0) is 4.79 Å². The molecule has 1 aromatic heterocycles. The molecule has 0 saturated carbocycles. The van der Waals surface area contributed by atoms with Crippen molar-refractivity contribution in [1.29, 1.82) is 0 Å². The second kappa shape index (κ2) is 4.23. The van der Waals surface area contributed by atoms with Gasteiger partial charge in [0.1, 0.15) is 11.5 Å². The Hall–Kier alpha value is -1.09. The van der Waals surface area contributed by atoms with E-state index in [0.717, 1.165) is 5.76 Å². The van der Waals surface area contributed by atoms with Crippen LogP contribution in [0.2, 0.25) is 0 Å². The van der Waals surface area contributed by atoms with Gasteiger partial charge in [-0.2, -0.15) is 0 Å². The molecule has 0 radical (unpaired) electrons. The molecule has 1 unspecified atom stereocenters. The molecule has 0 aliphatic rings. The third-order valence-electron chi connectivity index (χ3n) is 1.98. The van der Waals surface area contributed by atoms with Gasteiger partial charge in [0.05, 0.1) is 12.3 Å². The summed E-state index contributed by atoms with van der Waals surface area (Å²) in [5.41, 5.74) is 0. The molecular formula is C10H15NO2. The topological polar surface area (TPSA) is 33.5 Å². The fraction of sp³-hybridized carbons (Fsp3) is 0.500. The quantitative estimate of drug-likeness (QED) is 0.711. The van der Waals surface area contributed by atoms with Gasteiger partial charge in [-0.3, -0.25) is 9.69 Å². The lowest BCUT2D eigenvalue weighted by Gasteiger charge is -2.20. The van der Waals surface area contributed by atoms with Gasteiger partial charge in [-0.15, -0.1) is 0 Å². The number of rotatable bonds is 4. The predicted octanol–water partition coefficient (Wildman–Crippen LogP) is 1.86. The van der Waals surface area contributed by atoms with E-state index in [0.29, 0.717) is 6.42 Å². The third-order valence-corrected chi connectivity index (χ3v) is 1.98. The van der Waals surface area contributed by atoms with Crippen LogP contribution in [0, 0.1) is 0 Å². The van der Waals surface area contributed by atoms with Gasteiger partial charge in [-0.05, 0) is 33.2 Å². The minimum atomic E-state index is 0.0625. The Balaban J connectivity index is 2.74. The Morgan fingerprint density at radius 1 is 1.62 bits per heavy atom. The Bertz CT molecular complexity index is 264. The van der Waals surface area contributed by atoms with Crippen molar-refractivity contribution in [2.45, 2.75) is 19.4 Å². The van der Waals surface area contributed by atoms with Gasteiger partial charge in [-0.25, -0.2) is 0 Å². The molecule has 3 nitrogen and oxygen atoms in total. The lowest BCUT2D eigenvalue weighted by atomic mass is 10.1. The monoisotopic (exact) mass is 181 g/mol. The van der Waals surface area contributed by atoms with Crippen molar-refractivity contribution < 1.29 is 9.21 Å². The van der Waals surface area contributed by atoms with Gasteiger partial charge in [0.15, 0.2) is 0 Å². The highest BCUT2D eigenvalue weighted by Crippen LogP contribution is 2.22. The van der Waals surface area contributed by atoms with Crippen molar-refractivity contribution in [3.8, 4) is 0 Å². The molecule has 3 heteroatoms. The summed E-state index contributed by atoms with van der Waals surface area (Å²) in [6.07, 6.45) is 2.13. The van der Waals surface area contributed by atoms with E-state index >= 15 is 0 Å². The van der Waals surface area contributed by atoms with E-state index < -0.39 is 0 Å². The van der Waals surface area contributed by atoms with Crippen LogP contribution in [0.4, 0.5) is 0 Å². The van der Waals surface area contributed by atoms with Crippen molar-refractivity contribution in [1.82, 2.24) is 4.90 Å². The smallest absolute Gasteiger partial charge is 0.131 e. The second-order valence-electron chi connectivity index (χ2n) is 3.40. The molecule has 72 valence electrons. The fourth-order valence-corrected chi connectivity index (χ4v) is 1.29. The van der Waals surface area contributed by atoms with Crippen LogP contribution in [-0.4, -0.2) is 24.8 Å². The fourth-order valence-electron chi connectivity index (χ4n) is 1.29. The summed E-state index contributed by atoms with van der Waals surface area (Å²) in [4.78, 5) is 13.0. The predicted molar refractivity (Wildman–Crippen MR) is 50.4 cm³/mol. The van der Waals surface area contributed by atoms with Crippen molar-refractivity contribution in [3.63, 3.8) is 0 Å². The molecule has 1 heterocycles. The molecule has 0 spiro atoms.